The van der Waals surface area contributed by atoms with Crippen LogP contribution in [0.2, 0.25) is 0 Å². The van der Waals surface area contributed by atoms with E-state index in [1.165, 1.54) is 25.7 Å². The first kappa shape index (κ1) is 9.17. The number of aliphatic hydroxyl groups excluding tert-OH is 2. The molecule has 0 aliphatic heterocycles. The van der Waals surface area contributed by atoms with Gasteiger partial charge in [-0.25, -0.2) is 0 Å². The van der Waals surface area contributed by atoms with E-state index in [2.05, 4.69) is 0 Å². The maximum absolute atomic E-state index is 9.73. The second-order valence-corrected chi connectivity index (χ2v) is 5.75. The first-order valence-corrected chi connectivity index (χ1v) is 6.00. The van der Waals surface area contributed by atoms with Crippen molar-refractivity contribution in [2.75, 3.05) is 13.2 Å². The fourth-order valence-corrected chi connectivity index (χ4v) is 5.07. The van der Waals surface area contributed by atoms with Gasteiger partial charge in [-0.2, -0.15) is 0 Å². The van der Waals surface area contributed by atoms with E-state index in [4.69, 9.17) is 0 Å². The second-order valence-electron chi connectivity index (χ2n) is 5.75. The van der Waals surface area contributed by atoms with Crippen molar-refractivity contribution in [3.8, 4) is 0 Å². The van der Waals surface area contributed by atoms with Crippen LogP contribution in [-0.4, -0.2) is 23.4 Å². The Morgan fingerprint density at radius 2 is 1.93 bits per heavy atom. The van der Waals surface area contributed by atoms with Crippen LogP contribution in [0.4, 0.5) is 0 Å². The predicted octanol–water partition coefficient (Wildman–Crippen LogP) is 1.56. The summed E-state index contributed by atoms with van der Waals surface area (Å²) in [5.74, 6) is 1.55. The third-order valence-corrected chi connectivity index (χ3v) is 5.70. The predicted molar refractivity (Wildman–Crippen MR) is 53.7 cm³/mol. The van der Waals surface area contributed by atoms with Crippen LogP contribution in [0.3, 0.4) is 0 Å². The number of aliphatic hydroxyl groups is 2. The van der Waals surface area contributed by atoms with Gasteiger partial charge in [-0.05, 0) is 43.9 Å². The van der Waals surface area contributed by atoms with E-state index >= 15 is 0 Å². The van der Waals surface area contributed by atoms with E-state index in [0.717, 1.165) is 24.7 Å². The van der Waals surface area contributed by atoms with Gasteiger partial charge in [0, 0.05) is 24.0 Å². The molecule has 0 radical (unpaired) electrons. The van der Waals surface area contributed by atoms with Crippen LogP contribution in [0.1, 0.15) is 38.5 Å². The third-order valence-electron chi connectivity index (χ3n) is 5.70. The SMILES string of the molecule is OC[C@@]12CC[C@@H](C1)[C@H]1CCC[C@@]12CO. The number of hydrogen-bond donors (Lipinski definition) is 2. The van der Waals surface area contributed by atoms with Gasteiger partial charge in [-0.15, -0.1) is 0 Å². The lowest BCUT2D eigenvalue weighted by Gasteiger charge is -2.46. The molecule has 80 valence electrons. The zero-order valence-electron chi connectivity index (χ0n) is 8.71. The number of hydrogen-bond acceptors (Lipinski definition) is 2. The number of fused-ring (bicyclic) bond motifs is 5. The average Bonchev–Trinajstić information content (AvgIpc) is 2.88. The van der Waals surface area contributed by atoms with E-state index in [9.17, 15) is 10.2 Å². The minimum atomic E-state index is 0.105. The molecule has 0 saturated heterocycles. The largest absolute Gasteiger partial charge is 0.396 e. The summed E-state index contributed by atoms with van der Waals surface area (Å²) in [6.45, 7) is 0.620. The molecule has 0 heterocycles. The van der Waals surface area contributed by atoms with Crippen molar-refractivity contribution in [1.29, 1.82) is 0 Å². The molecule has 3 fully saturated rings. The van der Waals surface area contributed by atoms with Crippen molar-refractivity contribution >= 4 is 0 Å². The van der Waals surface area contributed by atoms with Crippen molar-refractivity contribution in [2.24, 2.45) is 22.7 Å². The lowest BCUT2D eigenvalue weighted by Crippen LogP contribution is -2.45. The van der Waals surface area contributed by atoms with Crippen LogP contribution in [-0.2, 0) is 0 Å². The maximum atomic E-state index is 9.73. The number of rotatable bonds is 2. The van der Waals surface area contributed by atoms with Crippen molar-refractivity contribution in [3.63, 3.8) is 0 Å². The van der Waals surface area contributed by atoms with Crippen molar-refractivity contribution in [3.05, 3.63) is 0 Å². The maximum Gasteiger partial charge on any atom is 0.0496 e. The summed E-state index contributed by atoms with van der Waals surface area (Å²) in [5, 5.41) is 19.4. The minimum Gasteiger partial charge on any atom is -0.396 e. The molecule has 3 rings (SSSR count). The smallest absolute Gasteiger partial charge is 0.0496 e. The minimum absolute atomic E-state index is 0.105. The third kappa shape index (κ3) is 0.772. The molecule has 0 spiro atoms. The zero-order valence-corrected chi connectivity index (χ0v) is 8.71. The van der Waals surface area contributed by atoms with Gasteiger partial charge in [0.25, 0.3) is 0 Å². The molecule has 2 N–H and O–H groups in total. The molecule has 0 aromatic heterocycles. The summed E-state index contributed by atoms with van der Waals surface area (Å²) in [5.41, 5.74) is 0.220. The molecule has 0 unspecified atom stereocenters. The first-order valence-electron chi connectivity index (χ1n) is 6.00. The molecule has 4 atom stereocenters. The lowest BCUT2D eigenvalue weighted by atomic mass is 9.60. The monoisotopic (exact) mass is 196 g/mol. The highest BCUT2D eigenvalue weighted by molar-refractivity contribution is 5.16. The Morgan fingerprint density at radius 3 is 2.64 bits per heavy atom. The van der Waals surface area contributed by atoms with Crippen LogP contribution in [0.25, 0.3) is 0 Å². The normalized spacial score (nSPS) is 55.3. The zero-order chi connectivity index (χ0) is 9.81. The topological polar surface area (TPSA) is 40.5 Å². The highest BCUT2D eigenvalue weighted by Gasteiger charge is 2.67. The van der Waals surface area contributed by atoms with Gasteiger partial charge in [0.15, 0.2) is 0 Å². The molecule has 0 amide bonds. The molecule has 0 aromatic rings. The molecule has 3 saturated carbocycles. The summed E-state index contributed by atoms with van der Waals surface area (Å²) in [4.78, 5) is 0. The fourth-order valence-electron chi connectivity index (χ4n) is 5.07. The Hall–Kier alpha value is -0.0800. The van der Waals surface area contributed by atoms with E-state index in [1.807, 2.05) is 0 Å². The van der Waals surface area contributed by atoms with E-state index in [0.29, 0.717) is 13.2 Å². The van der Waals surface area contributed by atoms with Gasteiger partial charge in [-0.1, -0.05) is 6.42 Å². The Kier molecular flexibility index (Phi) is 1.79. The molecule has 0 aromatic carbocycles. The van der Waals surface area contributed by atoms with E-state index in [1.54, 1.807) is 0 Å². The van der Waals surface area contributed by atoms with Gasteiger partial charge in [0.1, 0.15) is 0 Å². The Balaban J connectivity index is 2.04. The summed E-state index contributed by atoms with van der Waals surface area (Å²) in [6, 6.07) is 0. The van der Waals surface area contributed by atoms with Crippen LogP contribution >= 0.6 is 0 Å². The molecular weight excluding hydrogens is 176 g/mol. The van der Waals surface area contributed by atoms with E-state index in [-0.39, 0.29) is 10.8 Å². The summed E-state index contributed by atoms with van der Waals surface area (Å²) in [6.07, 6.45) is 7.37. The second kappa shape index (κ2) is 2.73. The molecule has 2 heteroatoms. The van der Waals surface area contributed by atoms with Crippen LogP contribution < -0.4 is 0 Å². The van der Waals surface area contributed by atoms with Gasteiger partial charge in [0.2, 0.25) is 0 Å². The van der Waals surface area contributed by atoms with Crippen LogP contribution in [0.15, 0.2) is 0 Å². The average molecular weight is 196 g/mol. The van der Waals surface area contributed by atoms with Crippen molar-refractivity contribution < 1.29 is 10.2 Å². The van der Waals surface area contributed by atoms with Crippen molar-refractivity contribution in [2.45, 2.75) is 38.5 Å². The lowest BCUT2D eigenvalue weighted by molar-refractivity contribution is -0.0597. The summed E-state index contributed by atoms with van der Waals surface area (Å²) < 4.78 is 0. The standard InChI is InChI=1S/C12H20O2/c13-7-11-5-3-9(6-11)10-2-1-4-12(10,11)8-14/h9-10,13-14H,1-8H2/t9-,10+,11+,12+/m0/s1. The molecule has 3 aliphatic rings. The van der Waals surface area contributed by atoms with Gasteiger partial charge in [0.05, 0.1) is 0 Å². The van der Waals surface area contributed by atoms with Gasteiger partial charge < -0.3 is 10.2 Å². The van der Waals surface area contributed by atoms with Crippen LogP contribution in [0, 0.1) is 22.7 Å². The van der Waals surface area contributed by atoms with Gasteiger partial charge >= 0.3 is 0 Å². The van der Waals surface area contributed by atoms with Crippen LogP contribution in [0.5, 0.6) is 0 Å². The van der Waals surface area contributed by atoms with E-state index < -0.39 is 0 Å². The fraction of sp³-hybridized carbons (Fsp3) is 1.00. The molecule has 2 nitrogen and oxygen atoms in total. The summed E-state index contributed by atoms with van der Waals surface area (Å²) in [7, 11) is 0. The summed E-state index contributed by atoms with van der Waals surface area (Å²) >= 11 is 0. The molecule has 14 heavy (non-hydrogen) atoms. The Bertz CT molecular complexity index is 253. The molecule has 2 bridgehead atoms. The molecular formula is C12H20O2. The first-order chi connectivity index (χ1) is 6.78. The van der Waals surface area contributed by atoms with Crippen molar-refractivity contribution in [1.82, 2.24) is 0 Å². The quantitative estimate of drug-likeness (QED) is 0.703. The Labute approximate surface area is 85.3 Å². The highest BCUT2D eigenvalue weighted by atomic mass is 16.3. The van der Waals surface area contributed by atoms with Gasteiger partial charge in [-0.3, -0.25) is 0 Å². The highest BCUT2D eigenvalue weighted by Crippen LogP contribution is 2.72. The molecule has 3 aliphatic carbocycles. The Morgan fingerprint density at radius 1 is 1.07 bits per heavy atom.